The highest BCUT2D eigenvalue weighted by molar-refractivity contribution is 5.56. The summed E-state index contributed by atoms with van der Waals surface area (Å²) in [5.41, 5.74) is 7.14. The van der Waals surface area contributed by atoms with Crippen LogP contribution in [0, 0.1) is 5.82 Å². The average molecular weight is 252 g/mol. The van der Waals surface area contributed by atoms with Gasteiger partial charge in [-0.1, -0.05) is 6.07 Å². The molecule has 0 aliphatic carbocycles. The SMILES string of the molecule is CC1(C)COCCN1c1cccc(F)c1CCN. The first kappa shape index (κ1) is 13.3. The van der Waals surface area contributed by atoms with Gasteiger partial charge in [0.15, 0.2) is 0 Å². The molecule has 1 aromatic rings. The van der Waals surface area contributed by atoms with Gasteiger partial charge in [0.05, 0.1) is 18.8 Å². The van der Waals surface area contributed by atoms with E-state index >= 15 is 0 Å². The van der Waals surface area contributed by atoms with E-state index in [-0.39, 0.29) is 11.4 Å². The fourth-order valence-corrected chi connectivity index (χ4v) is 2.50. The van der Waals surface area contributed by atoms with Crippen molar-refractivity contribution in [3.63, 3.8) is 0 Å². The second-order valence-electron chi connectivity index (χ2n) is 5.29. The van der Waals surface area contributed by atoms with E-state index in [9.17, 15) is 4.39 Å². The molecule has 3 nitrogen and oxygen atoms in total. The Bertz CT molecular complexity index is 420. The Morgan fingerprint density at radius 2 is 2.22 bits per heavy atom. The van der Waals surface area contributed by atoms with Crippen molar-refractivity contribution in [1.82, 2.24) is 0 Å². The van der Waals surface area contributed by atoms with Crippen molar-refractivity contribution < 1.29 is 9.13 Å². The van der Waals surface area contributed by atoms with Crippen LogP contribution < -0.4 is 10.6 Å². The molecule has 1 aliphatic heterocycles. The van der Waals surface area contributed by atoms with Crippen molar-refractivity contribution in [2.45, 2.75) is 25.8 Å². The maximum absolute atomic E-state index is 13.9. The van der Waals surface area contributed by atoms with Crippen molar-refractivity contribution in [3.05, 3.63) is 29.6 Å². The Balaban J connectivity index is 2.40. The summed E-state index contributed by atoms with van der Waals surface area (Å²) in [6.45, 7) is 6.81. The molecule has 0 spiro atoms. The van der Waals surface area contributed by atoms with Crippen LogP contribution in [-0.2, 0) is 11.2 Å². The number of ether oxygens (including phenoxy) is 1. The smallest absolute Gasteiger partial charge is 0.128 e. The summed E-state index contributed by atoms with van der Waals surface area (Å²) in [5, 5.41) is 0. The first-order chi connectivity index (χ1) is 8.56. The van der Waals surface area contributed by atoms with E-state index in [2.05, 4.69) is 18.7 Å². The van der Waals surface area contributed by atoms with Gasteiger partial charge in [-0.15, -0.1) is 0 Å². The summed E-state index contributed by atoms with van der Waals surface area (Å²) in [5.74, 6) is -0.166. The van der Waals surface area contributed by atoms with Gasteiger partial charge in [0.25, 0.3) is 0 Å². The number of nitrogens with two attached hydrogens (primary N) is 1. The molecule has 1 aromatic carbocycles. The molecule has 1 heterocycles. The summed E-state index contributed by atoms with van der Waals surface area (Å²) in [7, 11) is 0. The molecule has 0 saturated carbocycles. The molecule has 0 atom stereocenters. The molecule has 0 aromatic heterocycles. The van der Waals surface area contributed by atoms with Crippen molar-refractivity contribution in [2.75, 3.05) is 31.2 Å². The predicted molar refractivity (Wildman–Crippen MR) is 71.4 cm³/mol. The molecule has 2 rings (SSSR count). The Morgan fingerprint density at radius 3 is 2.89 bits per heavy atom. The third-order valence-corrected chi connectivity index (χ3v) is 3.42. The summed E-state index contributed by atoms with van der Waals surface area (Å²) in [6, 6.07) is 5.24. The Morgan fingerprint density at radius 1 is 1.44 bits per heavy atom. The van der Waals surface area contributed by atoms with E-state index in [0.29, 0.717) is 26.2 Å². The lowest BCUT2D eigenvalue weighted by Crippen LogP contribution is -2.53. The number of halogens is 1. The molecule has 100 valence electrons. The highest BCUT2D eigenvalue weighted by atomic mass is 19.1. The lowest BCUT2D eigenvalue weighted by molar-refractivity contribution is 0.0642. The molecule has 1 saturated heterocycles. The van der Waals surface area contributed by atoms with Gasteiger partial charge < -0.3 is 15.4 Å². The monoisotopic (exact) mass is 252 g/mol. The van der Waals surface area contributed by atoms with Gasteiger partial charge in [-0.3, -0.25) is 0 Å². The minimum Gasteiger partial charge on any atom is -0.377 e. The Kier molecular flexibility index (Phi) is 3.88. The molecule has 4 heteroatoms. The number of hydrogen-bond donors (Lipinski definition) is 1. The minimum atomic E-state index is -0.166. The quantitative estimate of drug-likeness (QED) is 0.893. The van der Waals surface area contributed by atoms with Gasteiger partial charge in [-0.2, -0.15) is 0 Å². The summed E-state index contributed by atoms with van der Waals surface area (Å²) >= 11 is 0. The van der Waals surface area contributed by atoms with Gasteiger partial charge in [0.1, 0.15) is 5.82 Å². The fraction of sp³-hybridized carbons (Fsp3) is 0.571. The standard InChI is InChI=1S/C14H21FN2O/c1-14(2)10-18-9-8-17(14)13-5-3-4-12(15)11(13)6-7-16/h3-5H,6-10,16H2,1-2H3. The van der Waals surface area contributed by atoms with Crippen molar-refractivity contribution in [1.29, 1.82) is 0 Å². The topological polar surface area (TPSA) is 38.5 Å². The van der Waals surface area contributed by atoms with Gasteiger partial charge in [-0.25, -0.2) is 4.39 Å². The number of hydrogen-bond acceptors (Lipinski definition) is 3. The Hall–Kier alpha value is -1.13. The van der Waals surface area contributed by atoms with Crippen LogP contribution in [0.5, 0.6) is 0 Å². The highest BCUT2D eigenvalue weighted by Gasteiger charge is 2.32. The van der Waals surface area contributed by atoms with Crippen molar-refractivity contribution in [2.24, 2.45) is 5.73 Å². The highest BCUT2D eigenvalue weighted by Crippen LogP contribution is 2.31. The van der Waals surface area contributed by atoms with Gasteiger partial charge >= 0.3 is 0 Å². The number of rotatable bonds is 3. The third-order valence-electron chi connectivity index (χ3n) is 3.42. The maximum Gasteiger partial charge on any atom is 0.128 e. The predicted octanol–water partition coefficient (Wildman–Crippen LogP) is 1.94. The number of nitrogens with zero attached hydrogens (tertiary/aromatic N) is 1. The molecule has 18 heavy (non-hydrogen) atoms. The van der Waals surface area contributed by atoms with Crippen molar-refractivity contribution >= 4 is 5.69 Å². The molecule has 0 amide bonds. The lowest BCUT2D eigenvalue weighted by atomic mass is 9.98. The van der Waals surface area contributed by atoms with Crippen molar-refractivity contribution in [3.8, 4) is 0 Å². The van der Waals surface area contributed by atoms with E-state index in [1.807, 2.05) is 6.07 Å². The largest absolute Gasteiger partial charge is 0.377 e. The van der Waals surface area contributed by atoms with Crippen LogP contribution >= 0.6 is 0 Å². The molecule has 1 aliphatic rings. The molecule has 0 unspecified atom stereocenters. The van der Waals surface area contributed by atoms with Crippen LogP contribution in [0.25, 0.3) is 0 Å². The summed E-state index contributed by atoms with van der Waals surface area (Å²) < 4.78 is 19.4. The average Bonchev–Trinajstić information content (AvgIpc) is 2.32. The van der Waals surface area contributed by atoms with E-state index in [0.717, 1.165) is 17.8 Å². The molecule has 0 radical (unpaired) electrons. The normalized spacial score (nSPS) is 19.0. The lowest BCUT2D eigenvalue weighted by Gasteiger charge is -2.44. The molecular weight excluding hydrogens is 231 g/mol. The van der Waals surface area contributed by atoms with Crippen LogP contribution in [0.4, 0.5) is 10.1 Å². The van der Waals surface area contributed by atoms with E-state index < -0.39 is 0 Å². The van der Waals surface area contributed by atoms with Crippen LogP contribution in [0.3, 0.4) is 0 Å². The third kappa shape index (κ3) is 2.49. The van der Waals surface area contributed by atoms with Crippen LogP contribution in [0.1, 0.15) is 19.4 Å². The second-order valence-corrected chi connectivity index (χ2v) is 5.29. The molecule has 0 bridgehead atoms. The first-order valence-electron chi connectivity index (χ1n) is 6.39. The maximum atomic E-state index is 13.9. The molecule has 2 N–H and O–H groups in total. The van der Waals surface area contributed by atoms with Crippen LogP contribution in [0.15, 0.2) is 18.2 Å². The van der Waals surface area contributed by atoms with Crippen LogP contribution in [-0.4, -0.2) is 31.8 Å². The number of anilines is 1. The number of morpholine rings is 1. The zero-order valence-electron chi connectivity index (χ0n) is 11.1. The summed E-state index contributed by atoms with van der Waals surface area (Å²) in [4.78, 5) is 2.23. The first-order valence-corrected chi connectivity index (χ1v) is 6.39. The van der Waals surface area contributed by atoms with Crippen LogP contribution in [0.2, 0.25) is 0 Å². The molecule has 1 fully saturated rings. The van der Waals surface area contributed by atoms with E-state index in [4.69, 9.17) is 10.5 Å². The van der Waals surface area contributed by atoms with E-state index in [1.165, 1.54) is 6.07 Å². The minimum absolute atomic E-state index is 0.116. The number of benzene rings is 1. The van der Waals surface area contributed by atoms with E-state index in [1.54, 1.807) is 6.07 Å². The zero-order chi connectivity index (χ0) is 13.2. The zero-order valence-corrected chi connectivity index (χ0v) is 11.1. The van der Waals surface area contributed by atoms with Gasteiger partial charge in [0, 0.05) is 17.8 Å². The molecular formula is C14H21FN2O. The second kappa shape index (κ2) is 5.24. The van der Waals surface area contributed by atoms with Gasteiger partial charge in [-0.05, 0) is 38.9 Å². The fourth-order valence-electron chi connectivity index (χ4n) is 2.50. The summed E-state index contributed by atoms with van der Waals surface area (Å²) in [6.07, 6.45) is 0.565. The van der Waals surface area contributed by atoms with Gasteiger partial charge in [0.2, 0.25) is 0 Å². The Labute approximate surface area is 108 Å².